The summed E-state index contributed by atoms with van der Waals surface area (Å²) in [4.78, 5) is 26.5. The number of nitrogens with zero attached hydrogens (tertiary/aromatic N) is 3. The summed E-state index contributed by atoms with van der Waals surface area (Å²) in [5.41, 5.74) is 1.33. The van der Waals surface area contributed by atoms with E-state index in [2.05, 4.69) is 21.2 Å². The molecule has 0 bridgehead atoms. The van der Waals surface area contributed by atoms with Crippen LogP contribution in [0.25, 0.3) is 0 Å². The quantitative estimate of drug-likeness (QED) is 0.770. The molecule has 1 aromatic heterocycles. The molecule has 0 spiro atoms. The largest absolute Gasteiger partial charge is 0.356 e. The van der Waals surface area contributed by atoms with Crippen molar-refractivity contribution >= 4 is 11.8 Å². The van der Waals surface area contributed by atoms with Gasteiger partial charge in [-0.1, -0.05) is 12.8 Å². The Bertz CT molecular complexity index is 631. The lowest BCUT2D eigenvalue weighted by Gasteiger charge is -2.23. The Morgan fingerprint density at radius 3 is 2.80 bits per heavy atom. The van der Waals surface area contributed by atoms with Gasteiger partial charge in [-0.2, -0.15) is 5.10 Å². The van der Waals surface area contributed by atoms with Gasteiger partial charge in [0.25, 0.3) is 0 Å². The second kappa shape index (κ2) is 7.18. The Balaban J connectivity index is 1.20. The van der Waals surface area contributed by atoms with Gasteiger partial charge in [0.15, 0.2) is 0 Å². The summed E-state index contributed by atoms with van der Waals surface area (Å²) < 4.78 is 2.07. The van der Waals surface area contributed by atoms with Crippen LogP contribution in [0.1, 0.15) is 63.0 Å². The molecule has 3 fully saturated rings. The van der Waals surface area contributed by atoms with Crippen LogP contribution in [0.2, 0.25) is 0 Å². The molecule has 1 atom stereocenters. The highest BCUT2D eigenvalue weighted by molar-refractivity contribution is 5.89. The Kier molecular flexibility index (Phi) is 4.77. The van der Waals surface area contributed by atoms with Crippen molar-refractivity contribution in [2.24, 2.45) is 5.92 Å². The van der Waals surface area contributed by atoms with E-state index in [0.29, 0.717) is 31.5 Å². The minimum Gasteiger partial charge on any atom is -0.356 e. The Hall–Kier alpha value is -1.85. The van der Waals surface area contributed by atoms with Gasteiger partial charge >= 0.3 is 0 Å². The van der Waals surface area contributed by atoms with Crippen molar-refractivity contribution in [1.29, 1.82) is 0 Å². The summed E-state index contributed by atoms with van der Waals surface area (Å²) in [5.74, 6) is 0.734. The average molecular weight is 344 g/mol. The van der Waals surface area contributed by atoms with Crippen molar-refractivity contribution in [2.75, 3.05) is 13.1 Å². The highest BCUT2D eigenvalue weighted by atomic mass is 16.2. The van der Waals surface area contributed by atoms with Gasteiger partial charge in [-0.3, -0.25) is 14.3 Å². The number of amides is 2. The van der Waals surface area contributed by atoms with E-state index >= 15 is 0 Å². The van der Waals surface area contributed by atoms with Crippen molar-refractivity contribution < 1.29 is 9.59 Å². The van der Waals surface area contributed by atoms with E-state index in [1.807, 2.05) is 11.1 Å². The fraction of sp³-hybridized carbons (Fsp3) is 0.737. The van der Waals surface area contributed by atoms with Crippen molar-refractivity contribution in [3.63, 3.8) is 0 Å². The van der Waals surface area contributed by atoms with Gasteiger partial charge in [-0.25, -0.2) is 0 Å². The lowest BCUT2D eigenvalue weighted by molar-refractivity contribution is -0.130. The van der Waals surface area contributed by atoms with Gasteiger partial charge in [-0.05, 0) is 38.2 Å². The second-order valence-corrected chi connectivity index (χ2v) is 7.78. The van der Waals surface area contributed by atoms with E-state index in [9.17, 15) is 9.59 Å². The van der Waals surface area contributed by atoms with Crippen LogP contribution in [0.15, 0.2) is 12.3 Å². The first kappa shape index (κ1) is 16.6. The topological polar surface area (TPSA) is 67.2 Å². The van der Waals surface area contributed by atoms with Crippen LogP contribution in [0.4, 0.5) is 0 Å². The molecule has 1 aliphatic heterocycles. The van der Waals surface area contributed by atoms with E-state index in [0.717, 1.165) is 25.8 Å². The molecule has 2 heterocycles. The third kappa shape index (κ3) is 3.72. The first-order valence-electron chi connectivity index (χ1n) is 9.81. The fourth-order valence-electron chi connectivity index (χ4n) is 4.32. The molecule has 0 aromatic carbocycles. The Labute approximate surface area is 148 Å². The van der Waals surface area contributed by atoms with Gasteiger partial charge < -0.3 is 10.2 Å². The van der Waals surface area contributed by atoms with E-state index < -0.39 is 0 Å². The lowest BCUT2D eigenvalue weighted by Crippen LogP contribution is -2.37. The summed E-state index contributed by atoms with van der Waals surface area (Å²) in [7, 11) is 0. The summed E-state index contributed by atoms with van der Waals surface area (Å²) in [6, 6.07) is 2.49. The third-order valence-electron chi connectivity index (χ3n) is 5.89. The molecule has 2 saturated carbocycles. The fourth-order valence-corrected chi connectivity index (χ4v) is 4.32. The first-order valence-corrected chi connectivity index (χ1v) is 9.81. The van der Waals surface area contributed by atoms with Gasteiger partial charge in [0.2, 0.25) is 11.8 Å². The maximum absolute atomic E-state index is 12.4. The minimum atomic E-state index is -0.167. The molecule has 136 valence electrons. The number of rotatable bonds is 7. The summed E-state index contributed by atoms with van der Waals surface area (Å²) in [6.07, 6.45) is 10.3. The smallest absolute Gasteiger partial charge is 0.225 e. The van der Waals surface area contributed by atoms with Crippen LogP contribution in [0, 0.1) is 5.92 Å². The third-order valence-corrected chi connectivity index (χ3v) is 5.89. The zero-order valence-corrected chi connectivity index (χ0v) is 14.8. The lowest BCUT2D eigenvalue weighted by atomic mass is 10.1. The van der Waals surface area contributed by atoms with E-state index in [1.54, 1.807) is 0 Å². The molecule has 2 aliphatic carbocycles. The van der Waals surface area contributed by atoms with Crippen LogP contribution in [0.5, 0.6) is 0 Å². The SMILES string of the molecule is O=C(NCCCn1nccc1C1CC1)[C@H]1CC(=O)N(C2CCCC2)C1. The van der Waals surface area contributed by atoms with Crippen LogP contribution in [-0.2, 0) is 16.1 Å². The van der Waals surface area contributed by atoms with Crippen LogP contribution >= 0.6 is 0 Å². The maximum atomic E-state index is 12.4. The molecule has 3 aliphatic rings. The van der Waals surface area contributed by atoms with Gasteiger partial charge in [0.1, 0.15) is 0 Å². The van der Waals surface area contributed by atoms with Gasteiger partial charge in [0.05, 0.1) is 5.92 Å². The van der Waals surface area contributed by atoms with Crippen molar-refractivity contribution in [3.8, 4) is 0 Å². The molecule has 1 saturated heterocycles. The number of likely N-dealkylation sites (tertiary alicyclic amines) is 1. The van der Waals surface area contributed by atoms with Crippen molar-refractivity contribution in [2.45, 2.75) is 69.9 Å². The molecule has 6 nitrogen and oxygen atoms in total. The number of hydrogen-bond acceptors (Lipinski definition) is 3. The van der Waals surface area contributed by atoms with Crippen molar-refractivity contribution in [1.82, 2.24) is 20.0 Å². The molecule has 6 heteroatoms. The highest BCUT2D eigenvalue weighted by Crippen LogP contribution is 2.39. The second-order valence-electron chi connectivity index (χ2n) is 7.78. The predicted molar refractivity (Wildman–Crippen MR) is 93.9 cm³/mol. The maximum Gasteiger partial charge on any atom is 0.225 e. The van der Waals surface area contributed by atoms with Crippen molar-refractivity contribution in [3.05, 3.63) is 18.0 Å². The molecule has 1 N–H and O–H groups in total. The van der Waals surface area contributed by atoms with Crippen LogP contribution in [-0.4, -0.2) is 45.6 Å². The zero-order chi connectivity index (χ0) is 17.2. The normalized spacial score (nSPS) is 24.2. The van der Waals surface area contributed by atoms with Gasteiger partial charge in [-0.15, -0.1) is 0 Å². The average Bonchev–Trinajstić information content (AvgIpc) is 3.03. The number of carbonyl (C=O) groups excluding carboxylic acids is 2. The molecule has 2 amide bonds. The monoisotopic (exact) mass is 344 g/mol. The van der Waals surface area contributed by atoms with Gasteiger partial charge in [0, 0.05) is 49.9 Å². The molecular formula is C19H28N4O2. The number of hydrogen-bond donors (Lipinski definition) is 1. The summed E-state index contributed by atoms with van der Waals surface area (Å²) in [5, 5.41) is 7.41. The molecule has 1 aromatic rings. The minimum absolute atomic E-state index is 0.0386. The number of aromatic nitrogens is 2. The Morgan fingerprint density at radius 1 is 1.24 bits per heavy atom. The molecule has 4 rings (SSSR count). The molecule has 0 radical (unpaired) electrons. The van der Waals surface area contributed by atoms with E-state index in [4.69, 9.17) is 0 Å². The first-order chi connectivity index (χ1) is 12.2. The van der Waals surface area contributed by atoms with E-state index in [1.165, 1.54) is 31.4 Å². The number of aryl methyl sites for hydroxylation is 1. The summed E-state index contributed by atoms with van der Waals surface area (Å²) >= 11 is 0. The Morgan fingerprint density at radius 2 is 2.04 bits per heavy atom. The zero-order valence-electron chi connectivity index (χ0n) is 14.8. The number of nitrogens with one attached hydrogen (secondary N) is 1. The molecular weight excluding hydrogens is 316 g/mol. The van der Waals surface area contributed by atoms with Crippen LogP contribution in [0.3, 0.4) is 0 Å². The highest BCUT2D eigenvalue weighted by Gasteiger charge is 2.38. The molecule has 0 unspecified atom stereocenters. The summed E-state index contributed by atoms with van der Waals surface area (Å²) in [6.45, 7) is 2.11. The predicted octanol–water partition coefficient (Wildman–Crippen LogP) is 2.06. The van der Waals surface area contributed by atoms with Crippen LogP contribution < -0.4 is 5.32 Å². The standard InChI is InChI=1S/C19H28N4O2/c24-18-12-15(13-22(18)16-4-1-2-5-16)19(25)20-9-3-11-23-17(8-10-21-23)14-6-7-14/h8,10,14-16H,1-7,9,11-13H2,(H,20,25)/t15-/m0/s1. The van der Waals surface area contributed by atoms with E-state index in [-0.39, 0.29) is 17.7 Å². The molecule has 25 heavy (non-hydrogen) atoms. The number of carbonyl (C=O) groups is 2.